The summed E-state index contributed by atoms with van der Waals surface area (Å²) >= 11 is 5.77. The molecule has 0 fully saturated rings. The topological polar surface area (TPSA) is 88.2 Å². The van der Waals surface area contributed by atoms with Crippen LogP contribution in [0.15, 0.2) is 53.1 Å². The molecule has 0 radical (unpaired) electrons. The second kappa shape index (κ2) is 7.99. The number of nitrogens with one attached hydrogen (secondary N) is 1. The number of aliphatic hydroxyl groups excluding tert-OH is 1. The molecule has 3 aromatic rings. The van der Waals surface area contributed by atoms with Gasteiger partial charge in [0.15, 0.2) is 0 Å². The summed E-state index contributed by atoms with van der Waals surface area (Å²) in [5, 5.41) is 16.2. The predicted octanol–water partition coefficient (Wildman–Crippen LogP) is 3.87. The lowest BCUT2D eigenvalue weighted by molar-refractivity contribution is -0.137. The third-order valence-corrected chi connectivity index (χ3v) is 4.06. The minimum atomic E-state index is -4.45. The van der Waals surface area contributed by atoms with E-state index in [0.717, 1.165) is 12.1 Å². The van der Waals surface area contributed by atoms with Gasteiger partial charge < -0.3 is 14.9 Å². The molecule has 1 atom stereocenters. The van der Waals surface area contributed by atoms with Crippen LogP contribution in [0, 0.1) is 0 Å². The van der Waals surface area contributed by atoms with Gasteiger partial charge in [-0.05, 0) is 36.4 Å². The summed E-state index contributed by atoms with van der Waals surface area (Å²) in [6.45, 7) is -0.520. The number of amides is 1. The van der Waals surface area contributed by atoms with Gasteiger partial charge in [0.1, 0.15) is 6.04 Å². The highest BCUT2D eigenvalue weighted by atomic mass is 35.5. The number of alkyl halides is 3. The number of aromatic nitrogens is 2. The minimum absolute atomic E-state index is 0.0305. The van der Waals surface area contributed by atoms with Crippen LogP contribution in [0.3, 0.4) is 0 Å². The Morgan fingerprint density at radius 1 is 1.14 bits per heavy atom. The molecule has 1 unspecified atom stereocenters. The Kier molecular flexibility index (Phi) is 5.66. The van der Waals surface area contributed by atoms with Gasteiger partial charge >= 0.3 is 6.18 Å². The molecule has 146 valence electrons. The summed E-state index contributed by atoms with van der Waals surface area (Å²) in [6, 6.07) is 9.32. The Bertz CT molecular complexity index is 957. The molecule has 3 rings (SSSR count). The molecule has 1 amide bonds. The van der Waals surface area contributed by atoms with Crippen molar-refractivity contribution < 1.29 is 27.6 Å². The third-order valence-electron chi connectivity index (χ3n) is 3.80. The van der Waals surface area contributed by atoms with E-state index in [4.69, 9.17) is 16.1 Å². The van der Waals surface area contributed by atoms with Crippen LogP contribution in [0.4, 0.5) is 13.2 Å². The van der Waals surface area contributed by atoms with Crippen LogP contribution in [-0.4, -0.2) is 27.8 Å². The molecule has 0 bridgehead atoms. The Labute approximate surface area is 161 Å². The number of hydrogen-bond donors (Lipinski definition) is 2. The van der Waals surface area contributed by atoms with E-state index in [0.29, 0.717) is 16.1 Å². The van der Waals surface area contributed by atoms with Gasteiger partial charge in [-0.15, -0.1) is 0 Å². The van der Waals surface area contributed by atoms with E-state index in [1.165, 1.54) is 24.3 Å². The number of nitrogens with zero attached hydrogens (tertiary/aromatic N) is 2. The summed E-state index contributed by atoms with van der Waals surface area (Å²) in [5.74, 6) is -0.548. The van der Waals surface area contributed by atoms with Crippen LogP contribution < -0.4 is 5.32 Å². The van der Waals surface area contributed by atoms with Crippen LogP contribution in [0.25, 0.3) is 11.4 Å². The molecule has 0 saturated heterocycles. The monoisotopic (exact) mass is 411 g/mol. The first-order valence-electron chi connectivity index (χ1n) is 7.96. The van der Waals surface area contributed by atoms with E-state index in [2.05, 4.69) is 15.5 Å². The highest BCUT2D eigenvalue weighted by Gasteiger charge is 2.30. The first-order valence-corrected chi connectivity index (χ1v) is 8.34. The molecule has 28 heavy (non-hydrogen) atoms. The first-order chi connectivity index (χ1) is 13.3. The van der Waals surface area contributed by atoms with E-state index in [1.807, 2.05) is 0 Å². The molecular formula is C18H13ClF3N3O3. The molecule has 0 saturated carbocycles. The Morgan fingerprint density at radius 3 is 2.36 bits per heavy atom. The van der Waals surface area contributed by atoms with E-state index in [-0.39, 0.29) is 11.7 Å². The van der Waals surface area contributed by atoms with Crippen LogP contribution in [0.1, 0.15) is 27.9 Å². The summed E-state index contributed by atoms with van der Waals surface area (Å²) in [6.07, 6.45) is -4.45. The van der Waals surface area contributed by atoms with Crippen molar-refractivity contribution in [2.24, 2.45) is 0 Å². The van der Waals surface area contributed by atoms with Gasteiger partial charge in [0.25, 0.3) is 11.8 Å². The largest absolute Gasteiger partial charge is 0.416 e. The van der Waals surface area contributed by atoms with Crippen LogP contribution in [0.2, 0.25) is 5.02 Å². The van der Waals surface area contributed by atoms with Gasteiger partial charge in [-0.2, -0.15) is 18.2 Å². The maximum Gasteiger partial charge on any atom is 0.416 e. The van der Waals surface area contributed by atoms with E-state index < -0.39 is 30.3 Å². The van der Waals surface area contributed by atoms with Crippen LogP contribution in [-0.2, 0) is 6.18 Å². The highest BCUT2D eigenvalue weighted by Crippen LogP contribution is 2.30. The fourth-order valence-electron chi connectivity index (χ4n) is 2.33. The minimum Gasteiger partial charge on any atom is -0.394 e. The van der Waals surface area contributed by atoms with Gasteiger partial charge in [0.2, 0.25) is 5.82 Å². The molecule has 1 heterocycles. The molecule has 1 aromatic heterocycles. The zero-order valence-electron chi connectivity index (χ0n) is 14.1. The fourth-order valence-corrected chi connectivity index (χ4v) is 2.46. The number of rotatable bonds is 5. The summed E-state index contributed by atoms with van der Waals surface area (Å²) in [4.78, 5) is 16.3. The molecule has 6 nitrogen and oxygen atoms in total. The number of hydrogen-bond acceptors (Lipinski definition) is 5. The molecular weight excluding hydrogens is 399 g/mol. The van der Waals surface area contributed by atoms with Gasteiger partial charge in [0.05, 0.1) is 12.2 Å². The summed E-state index contributed by atoms with van der Waals surface area (Å²) < 4.78 is 43.0. The molecule has 10 heteroatoms. The average Bonchev–Trinajstić information content (AvgIpc) is 3.16. The lowest BCUT2D eigenvalue weighted by atomic mass is 10.1. The van der Waals surface area contributed by atoms with Crippen LogP contribution >= 0.6 is 11.6 Å². The van der Waals surface area contributed by atoms with Gasteiger partial charge in [-0.1, -0.05) is 28.9 Å². The quantitative estimate of drug-likeness (QED) is 0.665. The Balaban J connectivity index is 1.75. The van der Waals surface area contributed by atoms with E-state index in [9.17, 15) is 23.1 Å². The number of halogens is 4. The van der Waals surface area contributed by atoms with Crippen molar-refractivity contribution in [2.45, 2.75) is 12.2 Å². The zero-order valence-corrected chi connectivity index (χ0v) is 14.8. The maximum absolute atomic E-state index is 12.6. The van der Waals surface area contributed by atoms with Crippen molar-refractivity contribution in [2.75, 3.05) is 6.61 Å². The standard InChI is InChI=1S/C18H13ClF3N3O3/c19-13-7-3-11(4-8-13)16(27)23-14(9-26)17-24-15(25-28-17)10-1-5-12(6-2-10)18(20,21)22/h1-8,14,26H,9H2,(H,23,27). The normalized spacial score (nSPS) is 12.6. The molecule has 0 spiro atoms. The molecule has 0 aliphatic heterocycles. The fraction of sp³-hybridized carbons (Fsp3) is 0.167. The molecule has 2 N–H and O–H groups in total. The number of carbonyl (C=O) groups excluding carboxylic acids is 1. The summed E-state index contributed by atoms with van der Waals surface area (Å²) in [5.41, 5.74) is -0.197. The Hall–Kier alpha value is -2.91. The molecule has 2 aromatic carbocycles. The lowest BCUT2D eigenvalue weighted by Gasteiger charge is -2.12. The zero-order chi connectivity index (χ0) is 20.3. The second-order valence-corrected chi connectivity index (χ2v) is 6.18. The number of carbonyl (C=O) groups is 1. The maximum atomic E-state index is 12.6. The van der Waals surface area contributed by atoms with Crippen molar-refractivity contribution in [1.82, 2.24) is 15.5 Å². The lowest BCUT2D eigenvalue weighted by Crippen LogP contribution is -2.31. The molecule has 0 aliphatic rings. The Morgan fingerprint density at radius 2 is 1.79 bits per heavy atom. The highest BCUT2D eigenvalue weighted by molar-refractivity contribution is 6.30. The number of benzene rings is 2. The van der Waals surface area contributed by atoms with Crippen molar-refractivity contribution in [3.05, 3.63) is 70.6 Å². The number of aliphatic hydroxyl groups is 1. The van der Waals surface area contributed by atoms with E-state index in [1.54, 1.807) is 12.1 Å². The summed E-state index contributed by atoms with van der Waals surface area (Å²) in [7, 11) is 0. The van der Waals surface area contributed by atoms with Gasteiger partial charge in [-0.3, -0.25) is 4.79 Å². The van der Waals surface area contributed by atoms with Gasteiger partial charge in [0, 0.05) is 16.1 Å². The first kappa shape index (κ1) is 19.8. The average molecular weight is 412 g/mol. The SMILES string of the molecule is O=C(NC(CO)c1nc(-c2ccc(C(F)(F)F)cc2)no1)c1ccc(Cl)cc1. The van der Waals surface area contributed by atoms with E-state index >= 15 is 0 Å². The predicted molar refractivity (Wildman–Crippen MR) is 93.5 cm³/mol. The van der Waals surface area contributed by atoms with Crippen molar-refractivity contribution in [3.8, 4) is 11.4 Å². The second-order valence-electron chi connectivity index (χ2n) is 5.75. The molecule has 0 aliphatic carbocycles. The van der Waals surface area contributed by atoms with Crippen LogP contribution in [0.5, 0.6) is 0 Å². The van der Waals surface area contributed by atoms with Crippen molar-refractivity contribution >= 4 is 17.5 Å². The smallest absolute Gasteiger partial charge is 0.394 e. The third kappa shape index (κ3) is 4.49. The van der Waals surface area contributed by atoms with Crippen molar-refractivity contribution in [1.29, 1.82) is 0 Å². The van der Waals surface area contributed by atoms with Crippen molar-refractivity contribution in [3.63, 3.8) is 0 Å². The van der Waals surface area contributed by atoms with Gasteiger partial charge in [-0.25, -0.2) is 0 Å².